The van der Waals surface area contributed by atoms with Crippen LogP contribution < -0.4 is 5.32 Å². The molecule has 0 radical (unpaired) electrons. The summed E-state index contributed by atoms with van der Waals surface area (Å²) in [4.78, 5) is 12.1. The summed E-state index contributed by atoms with van der Waals surface area (Å²) in [6.07, 6.45) is 1.89. The molecule has 1 saturated heterocycles. The van der Waals surface area contributed by atoms with Crippen molar-refractivity contribution < 1.29 is 4.74 Å². The van der Waals surface area contributed by atoms with Gasteiger partial charge in [0.25, 0.3) is 0 Å². The number of morpholine rings is 1. The van der Waals surface area contributed by atoms with Crippen LogP contribution in [0.4, 0.5) is 0 Å². The Morgan fingerprint density at radius 3 is 2.78 bits per heavy atom. The quantitative estimate of drug-likeness (QED) is 0.697. The highest BCUT2D eigenvalue weighted by atomic mass is 79.9. The van der Waals surface area contributed by atoms with Crippen LogP contribution in [0.25, 0.3) is 22.6 Å². The topological polar surface area (TPSA) is 62.8 Å². The first-order chi connectivity index (χ1) is 10.8. The summed E-state index contributed by atoms with van der Waals surface area (Å²) in [5.41, 5.74) is 3.88. The molecule has 7 heteroatoms. The summed E-state index contributed by atoms with van der Waals surface area (Å²) < 4.78 is 6.71. The maximum atomic E-state index is 5.77. The smallest absolute Gasteiger partial charge is 0.178 e. The van der Waals surface area contributed by atoms with E-state index in [1.54, 1.807) is 6.20 Å². The number of hydrogen-bond acceptors (Lipinski definition) is 4. The van der Waals surface area contributed by atoms with Gasteiger partial charge in [0.2, 0.25) is 0 Å². The van der Waals surface area contributed by atoms with Crippen molar-refractivity contribution in [3.8, 4) is 11.4 Å². The fourth-order valence-corrected chi connectivity index (χ4v) is 2.98. The van der Waals surface area contributed by atoms with Crippen LogP contribution in [-0.2, 0) is 4.74 Å². The third-order valence-electron chi connectivity index (χ3n) is 3.79. The van der Waals surface area contributed by atoms with Gasteiger partial charge in [-0.15, -0.1) is 12.4 Å². The number of rotatable bonds is 2. The molecule has 1 atom stereocenters. The fraction of sp³-hybridized carbons (Fsp3) is 0.250. The maximum Gasteiger partial charge on any atom is 0.178 e. The summed E-state index contributed by atoms with van der Waals surface area (Å²) in [6.45, 7) is 2.55. The lowest BCUT2D eigenvalue weighted by Gasteiger charge is -2.23. The zero-order valence-corrected chi connectivity index (χ0v) is 14.7. The number of aromatic amines is 1. The summed E-state index contributed by atoms with van der Waals surface area (Å²) in [6, 6.07) is 10.3. The van der Waals surface area contributed by atoms with Crippen molar-refractivity contribution in [2.75, 3.05) is 19.7 Å². The third-order valence-corrected chi connectivity index (χ3v) is 4.22. The molecular weight excluding hydrogens is 380 g/mol. The largest absolute Gasteiger partial charge is 0.371 e. The van der Waals surface area contributed by atoms with Gasteiger partial charge in [-0.25, -0.2) is 9.97 Å². The Morgan fingerprint density at radius 2 is 2.04 bits per heavy atom. The second-order valence-electron chi connectivity index (χ2n) is 5.30. The standard InChI is InChI=1S/C16H15BrN4O.ClH/c17-12-7-13-16(19-8-12)21-15(20-13)11-3-1-10(2-4-11)14-9-18-5-6-22-14;/h1-4,7-8,14,18H,5-6,9H2,(H,19,20,21);1H. The van der Waals surface area contributed by atoms with Gasteiger partial charge in [-0.05, 0) is 27.6 Å². The molecule has 23 heavy (non-hydrogen) atoms. The molecule has 3 aromatic rings. The van der Waals surface area contributed by atoms with E-state index < -0.39 is 0 Å². The van der Waals surface area contributed by atoms with E-state index in [9.17, 15) is 0 Å². The van der Waals surface area contributed by atoms with Crippen LogP contribution >= 0.6 is 28.3 Å². The number of benzene rings is 1. The molecule has 1 aromatic carbocycles. The van der Waals surface area contributed by atoms with Crippen molar-refractivity contribution in [3.63, 3.8) is 0 Å². The molecule has 1 unspecified atom stereocenters. The van der Waals surface area contributed by atoms with Crippen LogP contribution in [0, 0.1) is 0 Å². The van der Waals surface area contributed by atoms with Gasteiger partial charge >= 0.3 is 0 Å². The van der Waals surface area contributed by atoms with Gasteiger partial charge in [0.1, 0.15) is 5.82 Å². The molecule has 5 nitrogen and oxygen atoms in total. The van der Waals surface area contributed by atoms with Gasteiger partial charge < -0.3 is 15.0 Å². The molecular formula is C16H16BrClN4O. The van der Waals surface area contributed by atoms with Gasteiger partial charge in [0, 0.05) is 29.3 Å². The molecule has 0 saturated carbocycles. The minimum atomic E-state index is 0. The number of aromatic nitrogens is 3. The van der Waals surface area contributed by atoms with Gasteiger partial charge in [0.05, 0.1) is 18.2 Å². The predicted octanol–water partition coefficient (Wildman–Crippen LogP) is 3.47. The van der Waals surface area contributed by atoms with E-state index in [4.69, 9.17) is 4.74 Å². The molecule has 0 spiro atoms. The van der Waals surface area contributed by atoms with E-state index in [0.717, 1.165) is 46.7 Å². The lowest BCUT2D eigenvalue weighted by molar-refractivity contribution is 0.0277. The predicted molar refractivity (Wildman–Crippen MR) is 95.8 cm³/mol. The number of hydrogen-bond donors (Lipinski definition) is 2. The van der Waals surface area contributed by atoms with Crippen LogP contribution in [0.1, 0.15) is 11.7 Å². The molecule has 1 fully saturated rings. The Hall–Kier alpha value is -1.47. The number of pyridine rings is 1. The van der Waals surface area contributed by atoms with Crippen LogP contribution in [0.5, 0.6) is 0 Å². The monoisotopic (exact) mass is 394 g/mol. The third kappa shape index (κ3) is 3.40. The minimum Gasteiger partial charge on any atom is -0.371 e. The Morgan fingerprint density at radius 1 is 1.22 bits per heavy atom. The molecule has 2 N–H and O–H groups in total. The lowest BCUT2D eigenvalue weighted by Crippen LogP contribution is -2.33. The number of ether oxygens (including phenoxy) is 1. The zero-order valence-electron chi connectivity index (χ0n) is 12.3. The molecule has 3 heterocycles. The molecule has 2 aromatic heterocycles. The second kappa shape index (κ2) is 6.97. The maximum absolute atomic E-state index is 5.77. The number of imidazole rings is 1. The van der Waals surface area contributed by atoms with Crippen LogP contribution in [0.3, 0.4) is 0 Å². The van der Waals surface area contributed by atoms with E-state index in [-0.39, 0.29) is 18.5 Å². The first-order valence-corrected chi connectivity index (χ1v) is 8.03. The molecule has 0 aliphatic carbocycles. The Labute approximate surface area is 148 Å². The average molecular weight is 396 g/mol. The van der Waals surface area contributed by atoms with Crippen molar-refractivity contribution >= 4 is 39.5 Å². The highest BCUT2D eigenvalue weighted by Gasteiger charge is 2.15. The number of nitrogens with one attached hydrogen (secondary N) is 2. The van der Waals surface area contributed by atoms with E-state index in [1.807, 2.05) is 6.07 Å². The minimum absolute atomic E-state index is 0. The Balaban J connectivity index is 0.00000156. The summed E-state index contributed by atoms with van der Waals surface area (Å²) in [5, 5.41) is 3.35. The normalized spacial score (nSPS) is 17.9. The first kappa shape index (κ1) is 16.4. The van der Waals surface area contributed by atoms with Crippen molar-refractivity contribution in [1.82, 2.24) is 20.3 Å². The number of H-pyrrole nitrogens is 1. The first-order valence-electron chi connectivity index (χ1n) is 7.23. The van der Waals surface area contributed by atoms with E-state index in [0.29, 0.717) is 0 Å². The van der Waals surface area contributed by atoms with E-state index in [2.05, 4.69) is 60.5 Å². The number of nitrogens with zero attached hydrogens (tertiary/aromatic N) is 2. The SMILES string of the molecule is Brc1cnc2nc(-c3ccc(C4CNCCO4)cc3)[nH]c2c1.Cl. The van der Waals surface area contributed by atoms with Crippen molar-refractivity contribution in [1.29, 1.82) is 0 Å². The van der Waals surface area contributed by atoms with Crippen molar-refractivity contribution in [2.24, 2.45) is 0 Å². The number of fused-ring (bicyclic) bond motifs is 1. The summed E-state index contributed by atoms with van der Waals surface area (Å²) >= 11 is 3.42. The van der Waals surface area contributed by atoms with Crippen LogP contribution in [0.2, 0.25) is 0 Å². The highest BCUT2D eigenvalue weighted by molar-refractivity contribution is 9.10. The molecule has 4 rings (SSSR count). The summed E-state index contributed by atoms with van der Waals surface area (Å²) in [7, 11) is 0. The van der Waals surface area contributed by atoms with E-state index >= 15 is 0 Å². The zero-order chi connectivity index (χ0) is 14.9. The van der Waals surface area contributed by atoms with E-state index in [1.165, 1.54) is 5.56 Å². The molecule has 0 amide bonds. The summed E-state index contributed by atoms with van der Waals surface area (Å²) in [5.74, 6) is 0.829. The molecule has 1 aliphatic heterocycles. The molecule has 0 bridgehead atoms. The van der Waals surface area contributed by atoms with Crippen LogP contribution in [0.15, 0.2) is 41.0 Å². The van der Waals surface area contributed by atoms with Gasteiger partial charge in [0.15, 0.2) is 5.65 Å². The second-order valence-corrected chi connectivity index (χ2v) is 6.21. The fourth-order valence-electron chi connectivity index (χ4n) is 2.65. The Kier molecular flexibility index (Phi) is 4.96. The van der Waals surface area contributed by atoms with Gasteiger partial charge in [-0.3, -0.25) is 0 Å². The van der Waals surface area contributed by atoms with Crippen molar-refractivity contribution in [3.05, 3.63) is 46.6 Å². The van der Waals surface area contributed by atoms with Crippen LogP contribution in [-0.4, -0.2) is 34.6 Å². The molecule has 1 aliphatic rings. The van der Waals surface area contributed by atoms with Gasteiger partial charge in [-0.1, -0.05) is 24.3 Å². The van der Waals surface area contributed by atoms with Crippen molar-refractivity contribution in [2.45, 2.75) is 6.10 Å². The lowest BCUT2D eigenvalue weighted by atomic mass is 10.1. The Bertz CT molecular complexity index is 799. The number of halogens is 2. The van der Waals surface area contributed by atoms with Gasteiger partial charge in [-0.2, -0.15) is 0 Å². The average Bonchev–Trinajstić information content (AvgIpc) is 2.99. The molecule has 120 valence electrons. The highest BCUT2D eigenvalue weighted by Crippen LogP contribution is 2.24.